The molecule has 2 rings (SSSR count). The summed E-state index contributed by atoms with van der Waals surface area (Å²) in [5.74, 6) is -1.46. The van der Waals surface area contributed by atoms with Crippen LogP contribution in [0, 0.1) is 0 Å². The third-order valence-corrected chi connectivity index (χ3v) is 2.74. The number of hydrogen-bond donors (Lipinski definition) is 2. The van der Waals surface area contributed by atoms with E-state index in [0.717, 1.165) is 11.3 Å². The van der Waals surface area contributed by atoms with Gasteiger partial charge in [0, 0.05) is 0 Å². The van der Waals surface area contributed by atoms with Gasteiger partial charge in [-0.2, -0.15) is 0 Å². The van der Waals surface area contributed by atoms with Crippen LogP contribution < -0.4 is 5.32 Å². The predicted molar refractivity (Wildman–Crippen MR) is 57.9 cm³/mol. The number of carboxylic acids is 1. The van der Waals surface area contributed by atoms with Gasteiger partial charge in [0.15, 0.2) is 0 Å². The average molecular weight is 237 g/mol. The van der Waals surface area contributed by atoms with Crippen molar-refractivity contribution in [1.82, 2.24) is 0 Å². The van der Waals surface area contributed by atoms with Gasteiger partial charge in [-0.25, -0.2) is 4.79 Å². The smallest absolute Gasteiger partial charge is 0.338 e. The molecule has 5 nitrogen and oxygen atoms in total. The molecule has 16 heavy (non-hydrogen) atoms. The molecule has 0 atom stereocenters. The van der Waals surface area contributed by atoms with Gasteiger partial charge < -0.3 is 14.8 Å². The molecule has 0 aliphatic heterocycles. The van der Waals surface area contributed by atoms with Gasteiger partial charge in [0.05, 0.1) is 17.4 Å². The lowest BCUT2D eigenvalue weighted by Gasteiger charge is -2.01. The van der Waals surface area contributed by atoms with Gasteiger partial charge in [0.25, 0.3) is 5.91 Å². The van der Waals surface area contributed by atoms with Crippen LogP contribution in [-0.2, 0) is 0 Å². The Balaban J connectivity index is 2.18. The molecule has 0 bridgehead atoms. The van der Waals surface area contributed by atoms with Crippen molar-refractivity contribution in [2.75, 3.05) is 5.32 Å². The van der Waals surface area contributed by atoms with Crippen molar-refractivity contribution in [1.29, 1.82) is 0 Å². The maximum atomic E-state index is 11.6. The van der Waals surface area contributed by atoms with Gasteiger partial charge in [-0.15, -0.1) is 11.3 Å². The largest absolute Gasteiger partial charge is 0.478 e. The van der Waals surface area contributed by atoms with Crippen LogP contribution in [0.4, 0.5) is 5.00 Å². The van der Waals surface area contributed by atoms with Gasteiger partial charge in [-0.3, -0.25) is 4.79 Å². The van der Waals surface area contributed by atoms with Crippen molar-refractivity contribution < 1.29 is 19.1 Å². The second-order valence-electron chi connectivity index (χ2n) is 2.93. The first-order valence-corrected chi connectivity index (χ1v) is 5.21. The number of carbonyl (C=O) groups excluding carboxylic acids is 1. The zero-order chi connectivity index (χ0) is 11.5. The minimum absolute atomic E-state index is 0.0850. The Morgan fingerprint density at radius 3 is 2.81 bits per heavy atom. The highest BCUT2D eigenvalue weighted by Gasteiger charge is 2.15. The SMILES string of the molecule is O=C(Nc1sccc1C(=O)O)c1ccoc1. The normalized spacial score (nSPS) is 10.0. The third-order valence-electron chi connectivity index (χ3n) is 1.91. The molecule has 0 aromatic carbocycles. The van der Waals surface area contributed by atoms with E-state index in [1.165, 1.54) is 24.7 Å². The molecule has 0 spiro atoms. The van der Waals surface area contributed by atoms with E-state index >= 15 is 0 Å². The predicted octanol–water partition coefficient (Wildman–Crippen LogP) is 2.29. The summed E-state index contributed by atoms with van der Waals surface area (Å²) in [6.07, 6.45) is 2.67. The molecule has 0 aliphatic rings. The topological polar surface area (TPSA) is 79.5 Å². The Hall–Kier alpha value is -2.08. The summed E-state index contributed by atoms with van der Waals surface area (Å²) in [6.45, 7) is 0. The second kappa shape index (κ2) is 4.19. The summed E-state index contributed by atoms with van der Waals surface area (Å²) >= 11 is 1.16. The number of anilines is 1. The molecular weight excluding hydrogens is 230 g/mol. The molecule has 2 heterocycles. The van der Waals surface area contributed by atoms with Crippen LogP contribution in [0.3, 0.4) is 0 Å². The third kappa shape index (κ3) is 1.96. The van der Waals surface area contributed by atoms with Crippen LogP contribution in [0.25, 0.3) is 0 Å². The summed E-state index contributed by atoms with van der Waals surface area (Å²) in [7, 11) is 0. The Morgan fingerprint density at radius 2 is 2.19 bits per heavy atom. The van der Waals surface area contributed by atoms with Crippen molar-refractivity contribution >= 4 is 28.2 Å². The number of nitrogens with one attached hydrogen (secondary N) is 1. The molecule has 6 heteroatoms. The number of aromatic carboxylic acids is 1. The molecule has 2 N–H and O–H groups in total. The molecule has 0 saturated carbocycles. The molecular formula is C10H7NO4S. The van der Waals surface area contributed by atoms with Gasteiger partial charge >= 0.3 is 5.97 Å². The molecule has 0 unspecified atom stereocenters. The Labute approximate surface area is 94.3 Å². The van der Waals surface area contributed by atoms with Crippen molar-refractivity contribution in [3.8, 4) is 0 Å². The Morgan fingerprint density at radius 1 is 1.38 bits per heavy atom. The molecule has 1 amide bonds. The van der Waals surface area contributed by atoms with E-state index in [4.69, 9.17) is 9.52 Å². The fourth-order valence-corrected chi connectivity index (χ4v) is 1.92. The molecule has 0 aliphatic carbocycles. The van der Waals surface area contributed by atoms with E-state index in [0.29, 0.717) is 10.6 Å². The molecule has 0 fully saturated rings. The van der Waals surface area contributed by atoms with E-state index in [9.17, 15) is 9.59 Å². The first-order valence-electron chi connectivity index (χ1n) is 4.33. The van der Waals surface area contributed by atoms with E-state index in [-0.39, 0.29) is 5.56 Å². The first-order chi connectivity index (χ1) is 7.68. The zero-order valence-electron chi connectivity index (χ0n) is 7.97. The van der Waals surface area contributed by atoms with Crippen LogP contribution in [0.1, 0.15) is 20.7 Å². The van der Waals surface area contributed by atoms with E-state index in [1.807, 2.05) is 0 Å². The van der Waals surface area contributed by atoms with Crippen molar-refractivity contribution in [3.05, 3.63) is 41.2 Å². The van der Waals surface area contributed by atoms with Crippen LogP contribution in [0.15, 0.2) is 34.5 Å². The lowest BCUT2D eigenvalue weighted by atomic mass is 10.3. The summed E-state index contributed by atoms with van der Waals surface area (Å²) in [6, 6.07) is 2.95. The molecule has 2 aromatic rings. The number of amides is 1. The highest BCUT2D eigenvalue weighted by atomic mass is 32.1. The summed E-state index contributed by atoms with van der Waals surface area (Å²) < 4.78 is 4.76. The highest BCUT2D eigenvalue weighted by Crippen LogP contribution is 2.23. The van der Waals surface area contributed by atoms with Gasteiger partial charge in [-0.05, 0) is 17.5 Å². The molecule has 0 radical (unpaired) electrons. The second-order valence-corrected chi connectivity index (χ2v) is 3.85. The number of carboxylic acid groups (broad SMARTS) is 1. The minimum atomic E-state index is -1.07. The standard InChI is InChI=1S/C10H7NO4S/c12-8(6-1-3-15-5-6)11-9-7(10(13)14)2-4-16-9/h1-5H,(H,11,12)(H,13,14). The minimum Gasteiger partial charge on any atom is -0.478 e. The quantitative estimate of drug-likeness (QED) is 0.858. The van der Waals surface area contributed by atoms with Gasteiger partial charge in [0.1, 0.15) is 11.3 Å². The van der Waals surface area contributed by atoms with Crippen LogP contribution in [-0.4, -0.2) is 17.0 Å². The van der Waals surface area contributed by atoms with E-state index < -0.39 is 11.9 Å². The maximum Gasteiger partial charge on any atom is 0.338 e. The number of rotatable bonds is 3. The van der Waals surface area contributed by atoms with Crippen molar-refractivity contribution in [2.45, 2.75) is 0 Å². The first kappa shape index (κ1) is 10.4. The number of furan rings is 1. The molecule has 82 valence electrons. The van der Waals surface area contributed by atoms with Crippen LogP contribution in [0.5, 0.6) is 0 Å². The number of hydrogen-bond acceptors (Lipinski definition) is 4. The number of carbonyl (C=O) groups is 2. The fourth-order valence-electron chi connectivity index (χ4n) is 1.14. The van der Waals surface area contributed by atoms with Crippen molar-refractivity contribution in [3.63, 3.8) is 0 Å². The molecule has 2 aromatic heterocycles. The monoisotopic (exact) mass is 237 g/mol. The lowest BCUT2D eigenvalue weighted by molar-refractivity contribution is 0.0698. The van der Waals surface area contributed by atoms with Gasteiger partial charge in [0.2, 0.25) is 0 Å². The van der Waals surface area contributed by atoms with Crippen LogP contribution >= 0.6 is 11.3 Å². The summed E-state index contributed by atoms with van der Waals surface area (Å²) in [5.41, 5.74) is 0.437. The average Bonchev–Trinajstić information content (AvgIpc) is 2.86. The van der Waals surface area contributed by atoms with E-state index in [2.05, 4.69) is 5.32 Å². The number of thiophene rings is 1. The zero-order valence-corrected chi connectivity index (χ0v) is 8.78. The maximum absolute atomic E-state index is 11.6. The summed E-state index contributed by atoms with van der Waals surface area (Å²) in [5, 5.41) is 13.3. The summed E-state index contributed by atoms with van der Waals surface area (Å²) in [4.78, 5) is 22.4. The van der Waals surface area contributed by atoms with Crippen LogP contribution in [0.2, 0.25) is 0 Å². The van der Waals surface area contributed by atoms with Gasteiger partial charge in [-0.1, -0.05) is 0 Å². The Bertz CT molecular complexity index is 515. The van der Waals surface area contributed by atoms with Crippen molar-refractivity contribution in [2.24, 2.45) is 0 Å². The fraction of sp³-hybridized carbons (Fsp3) is 0. The molecule has 0 saturated heterocycles. The van der Waals surface area contributed by atoms with E-state index in [1.54, 1.807) is 5.38 Å². The lowest BCUT2D eigenvalue weighted by Crippen LogP contribution is -2.12. The Kier molecular flexibility index (Phi) is 2.74. The highest BCUT2D eigenvalue weighted by molar-refractivity contribution is 7.14.